The Hall–Kier alpha value is -2.53. The first-order valence-corrected chi connectivity index (χ1v) is 9.27. The molecule has 0 spiro atoms. The highest BCUT2D eigenvalue weighted by atomic mass is 16.5. The predicted octanol–water partition coefficient (Wildman–Crippen LogP) is 3.54. The maximum absolute atomic E-state index is 12.5. The lowest BCUT2D eigenvalue weighted by molar-refractivity contribution is -0.125. The van der Waals surface area contributed by atoms with Gasteiger partial charge in [0.2, 0.25) is 5.91 Å². The van der Waals surface area contributed by atoms with Crippen molar-refractivity contribution < 1.29 is 14.3 Å². The molecule has 2 aromatic carbocycles. The van der Waals surface area contributed by atoms with Crippen LogP contribution in [-0.4, -0.2) is 37.6 Å². The Bertz CT molecular complexity index is 744. The van der Waals surface area contributed by atoms with Crippen LogP contribution in [0.2, 0.25) is 0 Å². The first-order valence-electron chi connectivity index (χ1n) is 9.27. The first-order chi connectivity index (χ1) is 12.9. The van der Waals surface area contributed by atoms with E-state index in [9.17, 15) is 4.79 Å². The van der Waals surface area contributed by atoms with Gasteiger partial charge in [-0.3, -0.25) is 9.69 Å². The van der Waals surface area contributed by atoms with Crippen molar-refractivity contribution in [2.45, 2.75) is 39.9 Å². The monoisotopic (exact) mass is 370 g/mol. The number of methoxy groups -OCH3 is 1. The molecular weight excluding hydrogens is 340 g/mol. The summed E-state index contributed by atoms with van der Waals surface area (Å²) >= 11 is 0. The molecule has 0 aliphatic heterocycles. The lowest BCUT2D eigenvalue weighted by Gasteiger charge is -2.24. The van der Waals surface area contributed by atoms with Crippen LogP contribution in [0.15, 0.2) is 42.5 Å². The molecule has 0 heterocycles. The molecule has 1 amide bonds. The number of rotatable bonds is 9. The Kier molecular flexibility index (Phi) is 7.67. The van der Waals surface area contributed by atoms with Gasteiger partial charge in [0.25, 0.3) is 0 Å². The van der Waals surface area contributed by atoms with Gasteiger partial charge in [-0.25, -0.2) is 0 Å². The van der Waals surface area contributed by atoms with Crippen LogP contribution in [0.4, 0.5) is 0 Å². The Labute approximate surface area is 162 Å². The third-order valence-electron chi connectivity index (χ3n) is 4.59. The van der Waals surface area contributed by atoms with E-state index in [-0.39, 0.29) is 11.9 Å². The van der Waals surface area contributed by atoms with Crippen LogP contribution in [-0.2, 0) is 17.9 Å². The number of hydrogen-bond donors (Lipinski definition) is 1. The third kappa shape index (κ3) is 6.00. The van der Waals surface area contributed by atoms with Crippen LogP contribution in [0.1, 0.15) is 30.5 Å². The SMILES string of the molecule is CCOc1ccc(CN(C)C(C)C(=O)NCc2ccc(C)cc2)cc1OC. The Morgan fingerprint density at radius 3 is 2.41 bits per heavy atom. The summed E-state index contributed by atoms with van der Waals surface area (Å²) in [6.45, 7) is 7.67. The van der Waals surface area contributed by atoms with E-state index in [1.54, 1.807) is 7.11 Å². The van der Waals surface area contributed by atoms with E-state index >= 15 is 0 Å². The molecule has 5 heteroatoms. The average Bonchev–Trinajstić information content (AvgIpc) is 2.67. The number of ether oxygens (including phenoxy) is 2. The van der Waals surface area contributed by atoms with Gasteiger partial charge in [-0.15, -0.1) is 0 Å². The number of nitrogens with one attached hydrogen (secondary N) is 1. The van der Waals surface area contributed by atoms with Gasteiger partial charge in [0.15, 0.2) is 11.5 Å². The summed E-state index contributed by atoms with van der Waals surface area (Å²) in [5, 5.41) is 3.01. The van der Waals surface area contributed by atoms with Crippen LogP contribution < -0.4 is 14.8 Å². The molecule has 0 fully saturated rings. The van der Waals surface area contributed by atoms with Gasteiger partial charge in [0.05, 0.1) is 19.8 Å². The standard InChI is InChI=1S/C22H30N2O3/c1-6-27-20-12-11-19(13-21(20)26-5)15-24(4)17(3)22(25)23-14-18-9-7-16(2)8-10-18/h7-13,17H,6,14-15H2,1-5H3,(H,23,25). The summed E-state index contributed by atoms with van der Waals surface area (Å²) < 4.78 is 11.0. The highest BCUT2D eigenvalue weighted by Gasteiger charge is 2.18. The van der Waals surface area contributed by atoms with Crippen molar-refractivity contribution in [2.24, 2.45) is 0 Å². The second-order valence-corrected chi connectivity index (χ2v) is 6.71. The predicted molar refractivity (Wildman–Crippen MR) is 108 cm³/mol. The zero-order valence-corrected chi connectivity index (χ0v) is 16.9. The van der Waals surface area contributed by atoms with E-state index < -0.39 is 0 Å². The van der Waals surface area contributed by atoms with Crippen molar-refractivity contribution >= 4 is 5.91 Å². The van der Waals surface area contributed by atoms with Crippen LogP contribution in [0.5, 0.6) is 11.5 Å². The largest absolute Gasteiger partial charge is 0.493 e. The first kappa shape index (κ1) is 20.8. The fourth-order valence-corrected chi connectivity index (χ4v) is 2.75. The number of hydrogen-bond acceptors (Lipinski definition) is 4. The quantitative estimate of drug-likeness (QED) is 0.734. The summed E-state index contributed by atoms with van der Waals surface area (Å²) in [6, 6.07) is 13.8. The van der Waals surface area contributed by atoms with Crippen LogP contribution in [0, 0.1) is 6.92 Å². The zero-order valence-electron chi connectivity index (χ0n) is 16.9. The summed E-state index contributed by atoms with van der Waals surface area (Å²) in [7, 11) is 3.57. The van der Waals surface area contributed by atoms with Gasteiger partial charge in [0.1, 0.15) is 0 Å². The summed E-state index contributed by atoms with van der Waals surface area (Å²) in [6.07, 6.45) is 0. The van der Waals surface area contributed by atoms with Crippen molar-refractivity contribution in [2.75, 3.05) is 20.8 Å². The van der Waals surface area contributed by atoms with Crippen molar-refractivity contribution in [3.05, 3.63) is 59.2 Å². The fourth-order valence-electron chi connectivity index (χ4n) is 2.75. The minimum atomic E-state index is -0.243. The van der Waals surface area contributed by atoms with Gasteiger partial charge in [-0.2, -0.15) is 0 Å². The van der Waals surface area contributed by atoms with Crippen molar-refractivity contribution in [1.29, 1.82) is 0 Å². The normalized spacial score (nSPS) is 11.9. The molecular formula is C22H30N2O3. The Balaban J connectivity index is 1.92. The third-order valence-corrected chi connectivity index (χ3v) is 4.59. The van der Waals surface area contributed by atoms with E-state index in [0.717, 1.165) is 16.9 Å². The molecule has 1 unspecified atom stereocenters. The number of carbonyl (C=O) groups is 1. The maximum Gasteiger partial charge on any atom is 0.237 e. The number of amides is 1. The van der Waals surface area contributed by atoms with E-state index in [2.05, 4.69) is 24.4 Å². The minimum Gasteiger partial charge on any atom is -0.493 e. The Morgan fingerprint density at radius 1 is 1.11 bits per heavy atom. The summed E-state index contributed by atoms with van der Waals surface area (Å²) in [5.74, 6) is 1.45. The average molecular weight is 370 g/mol. The molecule has 0 aliphatic carbocycles. The van der Waals surface area contributed by atoms with Crippen molar-refractivity contribution in [3.8, 4) is 11.5 Å². The molecule has 27 heavy (non-hydrogen) atoms. The molecule has 0 aromatic heterocycles. The van der Waals surface area contributed by atoms with E-state index in [0.29, 0.717) is 25.4 Å². The number of likely N-dealkylation sites (N-methyl/N-ethyl adjacent to an activating group) is 1. The molecule has 2 aromatic rings. The van der Waals surface area contributed by atoms with Crippen molar-refractivity contribution in [3.63, 3.8) is 0 Å². The van der Waals surface area contributed by atoms with Gasteiger partial charge >= 0.3 is 0 Å². The van der Waals surface area contributed by atoms with Crippen molar-refractivity contribution in [1.82, 2.24) is 10.2 Å². The molecule has 0 saturated carbocycles. The van der Waals surface area contributed by atoms with Gasteiger partial charge in [-0.05, 0) is 51.1 Å². The lowest BCUT2D eigenvalue weighted by atomic mass is 10.1. The number of aryl methyl sites for hydroxylation is 1. The summed E-state index contributed by atoms with van der Waals surface area (Å²) in [4.78, 5) is 14.5. The van der Waals surface area contributed by atoms with Gasteiger partial charge in [-0.1, -0.05) is 35.9 Å². The molecule has 0 aliphatic rings. The Morgan fingerprint density at radius 2 is 1.78 bits per heavy atom. The molecule has 1 atom stereocenters. The van der Waals surface area contributed by atoms with E-state index in [4.69, 9.17) is 9.47 Å². The van der Waals surface area contributed by atoms with Crippen LogP contribution in [0.3, 0.4) is 0 Å². The zero-order chi connectivity index (χ0) is 19.8. The second-order valence-electron chi connectivity index (χ2n) is 6.71. The van der Waals surface area contributed by atoms with Crippen LogP contribution in [0.25, 0.3) is 0 Å². The summed E-state index contributed by atoms with van der Waals surface area (Å²) in [5.41, 5.74) is 3.38. The smallest absolute Gasteiger partial charge is 0.237 e. The fraction of sp³-hybridized carbons (Fsp3) is 0.409. The van der Waals surface area contributed by atoms with E-state index in [1.165, 1.54) is 5.56 Å². The highest BCUT2D eigenvalue weighted by Crippen LogP contribution is 2.28. The van der Waals surface area contributed by atoms with E-state index in [1.807, 2.05) is 56.1 Å². The van der Waals surface area contributed by atoms with Gasteiger partial charge < -0.3 is 14.8 Å². The molecule has 1 N–H and O–H groups in total. The second kappa shape index (κ2) is 9.97. The molecule has 2 rings (SSSR count). The number of nitrogens with zero attached hydrogens (tertiary/aromatic N) is 1. The number of carbonyl (C=O) groups excluding carboxylic acids is 1. The van der Waals surface area contributed by atoms with Gasteiger partial charge in [0, 0.05) is 13.1 Å². The van der Waals surface area contributed by atoms with Crippen LogP contribution >= 0.6 is 0 Å². The topological polar surface area (TPSA) is 50.8 Å². The molecule has 5 nitrogen and oxygen atoms in total. The minimum absolute atomic E-state index is 0.0102. The number of benzene rings is 2. The highest BCUT2D eigenvalue weighted by molar-refractivity contribution is 5.81. The molecule has 146 valence electrons. The maximum atomic E-state index is 12.5. The lowest BCUT2D eigenvalue weighted by Crippen LogP contribution is -2.42. The molecule has 0 bridgehead atoms. The molecule has 0 radical (unpaired) electrons. The molecule has 0 saturated heterocycles.